The highest BCUT2D eigenvalue weighted by molar-refractivity contribution is 9.10. The zero-order valence-corrected chi connectivity index (χ0v) is 22.8. The minimum atomic E-state index is -0.490. The maximum atomic E-state index is 13.1. The van der Waals surface area contributed by atoms with Crippen molar-refractivity contribution in [1.29, 1.82) is 0 Å². The summed E-state index contributed by atoms with van der Waals surface area (Å²) < 4.78 is 2.77. The van der Waals surface area contributed by atoms with Crippen molar-refractivity contribution in [1.82, 2.24) is 14.4 Å². The second-order valence-electron chi connectivity index (χ2n) is 9.37. The van der Waals surface area contributed by atoms with E-state index in [2.05, 4.69) is 15.9 Å². The lowest BCUT2D eigenvalue weighted by Gasteiger charge is -2.27. The summed E-state index contributed by atoms with van der Waals surface area (Å²) >= 11 is 4.33. The summed E-state index contributed by atoms with van der Waals surface area (Å²) in [5, 5.41) is 0.394. The monoisotopic (exact) mass is 579 g/mol. The maximum Gasteiger partial charge on any atom is 0.293 e. The molecule has 2 saturated heterocycles. The molecule has 0 saturated carbocycles. The first-order valence-electron chi connectivity index (χ1n) is 12.2. The molecular weight excluding hydrogens is 554 g/mol. The summed E-state index contributed by atoms with van der Waals surface area (Å²) in [6.07, 6.45) is 6.74. The molecule has 1 aromatic heterocycles. The van der Waals surface area contributed by atoms with Crippen molar-refractivity contribution < 1.29 is 19.2 Å². The van der Waals surface area contributed by atoms with Crippen molar-refractivity contribution in [2.24, 2.45) is 0 Å². The molecule has 5 rings (SSSR count). The third-order valence-corrected chi connectivity index (χ3v) is 8.12. The Bertz CT molecular complexity index is 1440. The van der Waals surface area contributed by atoms with Crippen LogP contribution in [0.4, 0.5) is 4.79 Å². The van der Waals surface area contributed by atoms with Crippen LogP contribution in [0.5, 0.6) is 0 Å². The van der Waals surface area contributed by atoms with Crippen molar-refractivity contribution in [2.75, 3.05) is 19.6 Å². The van der Waals surface area contributed by atoms with E-state index in [4.69, 9.17) is 0 Å². The number of rotatable bonds is 6. The summed E-state index contributed by atoms with van der Waals surface area (Å²) in [7, 11) is 0. The van der Waals surface area contributed by atoms with Crippen molar-refractivity contribution in [2.45, 2.75) is 32.7 Å². The summed E-state index contributed by atoms with van der Waals surface area (Å²) in [6, 6.07) is 12.8. The number of hydrogen-bond acceptors (Lipinski definition) is 5. The van der Waals surface area contributed by atoms with Crippen molar-refractivity contribution in [3.63, 3.8) is 0 Å². The molecule has 3 aromatic rings. The van der Waals surface area contributed by atoms with Crippen molar-refractivity contribution in [3.05, 3.63) is 74.7 Å². The maximum absolute atomic E-state index is 13.1. The number of benzene rings is 2. The van der Waals surface area contributed by atoms with Gasteiger partial charge >= 0.3 is 0 Å². The molecule has 0 N–H and O–H groups in total. The van der Waals surface area contributed by atoms with Gasteiger partial charge in [-0.2, -0.15) is 0 Å². The topological polar surface area (TPSA) is 79.7 Å². The first kappa shape index (κ1) is 25.5. The van der Waals surface area contributed by atoms with E-state index in [1.807, 2.05) is 52.9 Å². The van der Waals surface area contributed by atoms with Crippen molar-refractivity contribution >= 4 is 67.5 Å². The predicted molar refractivity (Wildman–Crippen MR) is 148 cm³/mol. The van der Waals surface area contributed by atoms with Gasteiger partial charge in [-0.05, 0) is 62.2 Å². The van der Waals surface area contributed by atoms with E-state index in [-0.39, 0.29) is 29.7 Å². The fourth-order valence-electron chi connectivity index (χ4n) is 4.68. The molecule has 0 unspecified atom stereocenters. The third-order valence-electron chi connectivity index (χ3n) is 6.72. The average molecular weight is 581 g/mol. The molecule has 0 radical (unpaired) electrons. The van der Waals surface area contributed by atoms with Gasteiger partial charge in [0, 0.05) is 45.8 Å². The molecule has 2 aliphatic rings. The van der Waals surface area contributed by atoms with Crippen LogP contribution in [-0.4, -0.2) is 56.8 Å². The van der Waals surface area contributed by atoms with Gasteiger partial charge in [-0.25, -0.2) is 0 Å². The van der Waals surface area contributed by atoms with E-state index in [9.17, 15) is 19.2 Å². The van der Waals surface area contributed by atoms with Gasteiger partial charge in [0.15, 0.2) is 5.78 Å². The standard InChI is InChI=1S/C28H26BrN3O4S/c1-18-5-7-19(8-6-18)24(33)16-32-27(35)25(37-28(32)36)13-20-15-31(23-10-9-21(29)14-22(20)23)17-26(34)30-11-3-2-4-12-30/h5-10,13-15H,2-4,11-12,16-17H2,1H3/b25-13-. The van der Waals surface area contributed by atoms with E-state index in [0.29, 0.717) is 5.56 Å². The number of aromatic nitrogens is 1. The Morgan fingerprint density at radius 2 is 1.73 bits per heavy atom. The Kier molecular flexibility index (Phi) is 7.35. The number of fused-ring (bicyclic) bond motifs is 1. The highest BCUT2D eigenvalue weighted by Gasteiger charge is 2.36. The van der Waals surface area contributed by atoms with E-state index < -0.39 is 11.1 Å². The fraction of sp³-hybridized carbons (Fsp3) is 0.286. The molecule has 0 aliphatic carbocycles. The first-order chi connectivity index (χ1) is 17.8. The van der Waals surface area contributed by atoms with Crippen LogP contribution in [0.25, 0.3) is 17.0 Å². The number of carbonyl (C=O) groups is 4. The van der Waals surface area contributed by atoms with Crippen molar-refractivity contribution in [3.8, 4) is 0 Å². The zero-order valence-electron chi connectivity index (χ0n) is 20.4. The number of imide groups is 1. The largest absolute Gasteiger partial charge is 0.341 e. The number of halogens is 1. The Hall–Kier alpha value is -3.17. The average Bonchev–Trinajstić information content (AvgIpc) is 3.35. The summed E-state index contributed by atoms with van der Waals surface area (Å²) in [4.78, 5) is 54.6. The summed E-state index contributed by atoms with van der Waals surface area (Å²) in [6.45, 7) is 3.39. The Morgan fingerprint density at radius 1 is 1.00 bits per heavy atom. The van der Waals surface area contributed by atoms with Gasteiger partial charge in [0.1, 0.15) is 6.54 Å². The number of amides is 3. The smallest absolute Gasteiger partial charge is 0.293 e. The Balaban J connectivity index is 1.40. The Morgan fingerprint density at radius 3 is 2.46 bits per heavy atom. The number of ketones is 1. The molecule has 7 nitrogen and oxygen atoms in total. The lowest BCUT2D eigenvalue weighted by Crippen LogP contribution is -2.37. The summed E-state index contributed by atoms with van der Waals surface area (Å²) in [5.41, 5.74) is 3.08. The molecule has 0 atom stereocenters. The molecule has 9 heteroatoms. The van der Waals surface area contributed by atoms with Crippen LogP contribution in [0.15, 0.2) is 58.0 Å². The third kappa shape index (κ3) is 5.43. The van der Waals surface area contributed by atoms with Crippen LogP contribution in [0.3, 0.4) is 0 Å². The molecular formula is C28H26BrN3O4S. The van der Waals surface area contributed by atoms with E-state index in [1.54, 1.807) is 18.2 Å². The second-order valence-corrected chi connectivity index (χ2v) is 11.3. The second kappa shape index (κ2) is 10.7. The number of thioether (sulfide) groups is 1. The van der Waals surface area contributed by atoms with Crippen LogP contribution in [0.2, 0.25) is 0 Å². The molecule has 0 spiro atoms. The number of hydrogen-bond donors (Lipinski definition) is 0. The SMILES string of the molecule is Cc1ccc(C(=O)CN2C(=O)S/C(=C\c3cn(CC(=O)N4CCCCC4)c4ccc(Br)cc34)C2=O)cc1. The molecule has 0 bridgehead atoms. The lowest BCUT2D eigenvalue weighted by molar-refractivity contribution is -0.132. The number of likely N-dealkylation sites (tertiary alicyclic amines) is 1. The molecule has 190 valence electrons. The number of aryl methyl sites for hydroxylation is 1. The van der Waals surface area contributed by atoms with E-state index in [0.717, 1.165) is 75.5 Å². The lowest BCUT2D eigenvalue weighted by atomic mass is 10.1. The number of nitrogens with zero attached hydrogens (tertiary/aromatic N) is 3. The zero-order chi connectivity index (χ0) is 26.1. The minimum Gasteiger partial charge on any atom is -0.341 e. The van der Waals surface area contributed by atoms with Gasteiger partial charge in [0.2, 0.25) is 5.91 Å². The van der Waals surface area contributed by atoms with E-state index in [1.165, 1.54) is 0 Å². The molecule has 37 heavy (non-hydrogen) atoms. The highest BCUT2D eigenvalue weighted by atomic mass is 79.9. The van der Waals surface area contributed by atoms with Gasteiger partial charge in [-0.3, -0.25) is 24.1 Å². The molecule has 3 amide bonds. The minimum absolute atomic E-state index is 0.0704. The number of piperidine rings is 1. The van der Waals surface area contributed by atoms with Crippen LogP contribution in [0.1, 0.15) is 40.7 Å². The summed E-state index contributed by atoms with van der Waals surface area (Å²) in [5.74, 6) is -0.711. The van der Waals surface area contributed by atoms with E-state index >= 15 is 0 Å². The van der Waals surface area contributed by atoms with Crippen LogP contribution >= 0.6 is 27.7 Å². The Labute approximate surface area is 227 Å². The highest BCUT2D eigenvalue weighted by Crippen LogP contribution is 2.35. The van der Waals surface area contributed by atoms with Gasteiger partial charge in [-0.15, -0.1) is 0 Å². The quantitative estimate of drug-likeness (QED) is 0.279. The van der Waals surface area contributed by atoms with Gasteiger partial charge in [0.25, 0.3) is 11.1 Å². The van der Waals surface area contributed by atoms with Crippen LogP contribution in [-0.2, 0) is 16.1 Å². The fourth-order valence-corrected chi connectivity index (χ4v) is 5.87. The van der Waals surface area contributed by atoms with Crippen LogP contribution < -0.4 is 0 Å². The van der Waals surface area contributed by atoms with Gasteiger partial charge in [-0.1, -0.05) is 45.8 Å². The van der Waals surface area contributed by atoms with Gasteiger partial charge < -0.3 is 9.47 Å². The first-order valence-corrected chi connectivity index (χ1v) is 13.8. The number of carbonyl (C=O) groups excluding carboxylic acids is 4. The molecule has 3 heterocycles. The van der Waals surface area contributed by atoms with Crippen LogP contribution in [0, 0.1) is 6.92 Å². The molecule has 2 aromatic carbocycles. The normalized spacial score (nSPS) is 17.3. The van der Waals surface area contributed by atoms with Gasteiger partial charge in [0.05, 0.1) is 11.4 Å². The predicted octanol–water partition coefficient (Wildman–Crippen LogP) is 5.64. The molecule has 2 fully saturated rings. The number of Topliss-reactive ketones (excluding diaryl/α,β-unsaturated/α-hetero) is 1. The molecule has 2 aliphatic heterocycles.